The number of aryl methyl sites for hydroxylation is 1. The Labute approximate surface area is 167 Å². The van der Waals surface area contributed by atoms with Gasteiger partial charge in [-0.2, -0.15) is 0 Å². The van der Waals surface area contributed by atoms with E-state index in [1.165, 1.54) is 0 Å². The highest BCUT2D eigenvalue weighted by Crippen LogP contribution is 2.25. The number of aromatic nitrogens is 2. The van der Waals surface area contributed by atoms with Crippen LogP contribution in [-0.2, 0) is 0 Å². The summed E-state index contributed by atoms with van der Waals surface area (Å²) in [5.41, 5.74) is 5.87. The number of hydrogen-bond donors (Lipinski definition) is 1. The van der Waals surface area contributed by atoms with E-state index in [9.17, 15) is 0 Å². The van der Waals surface area contributed by atoms with Gasteiger partial charge < -0.3 is 14.1 Å². The van der Waals surface area contributed by atoms with Crippen LogP contribution in [-0.4, -0.2) is 17.1 Å². The molecule has 5 aromatic rings. The summed E-state index contributed by atoms with van der Waals surface area (Å²) >= 11 is 0. The number of ether oxygens (including phenoxy) is 1. The fourth-order valence-electron chi connectivity index (χ4n) is 3.38. The van der Waals surface area contributed by atoms with Gasteiger partial charge in [-0.3, -0.25) is 0 Å². The van der Waals surface area contributed by atoms with Crippen LogP contribution in [0.1, 0.15) is 5.56 Å². The highest BCUT2D eigenvalue weighted by molar-refractivity contribution is 5.84. The molecule has 1 N–H and O–H groups in total. The van der Waals surface area contributed by atoms with Crippen molar-refractivity contribution < 1.29 is 9.15 Å². The maximum absolute atomic E-state index is 6.20. The van der Waals surface area contributed by atoms with Crippen molar-refractivity contribution in [1.82, 2.24) is 9.97 Å². The zero-order valence-electron chi connectivity index (χ0n) is 16.1. The average molecular weight is 381 g/mol. The third-order valence-corrected chi connectivity index (χ3v) is 4.83. The molecule has 5 rings (SSSR count). The number of methoxy groups -OCH3 is 1. The fraction of sp³-hybridized carbons (Fsp3) is 0.0833. The monoisotopic (exact) mass is 381 g/mol. The summed E-state index contributed by atoms with van der Waals surface area (Å²) in [7, 11) is 1.65. The van der Waals surface area contributed by atoms with Gasteiger partial charge in [-0.25, -0.2) is 9.98 Å². The van der Waals surface area contributed by atoms with E-state index >= 15 is 0 Å². The Balaban J connectivity index is 1.80. The molecule has 0 radical (unpaired) electrons. The summed E-state index contributed by atoms with van der Waals surface area (Å²) in [5.74, 6) is 1.48. The zero-order chi connectivity index (χ0) is 19.8. The quantitative estimate of drug-likeness (QED) is 0.447. The van der Waals surface area contributed by atoms with Crippen molar-refractivity contribution in [2.75, 3.05) is 7.11 Å². The normalized spacial score (nSPS) is 12.0. The van der Waals surface area contributed by atoms with Gasteiger partial charge in [0.2, 0.25) is 5.55 Å². The van der Waals surface area contributed by atoms with E-state index in [-0.39, 0.29) is 0 Å². The minimum atomic E-state index is 0.507. The number of para-hydroxylation sites is 2. The zero-order valence-corrected chi connectivity index (χ0v) is 16.1. The number of nitrogens with one attached hydrogen (secondary N) is 1. The molecule has 0 spiro atoms. The summed E-state index contributed by atoms with van der Waals surface area (Å²) in [6.07, 6.45) is 0. The molecule has 0 atom stereocenters. The first-order valence-electron chi connectivity index (χ1n) is 9.38. The number of aromatic amines is 1. The molecule has 2 aromatic heterocycles. The third kappa shape index (κ3) is 3.27. The Morgan fingerprint density at radius 3 is 2.69 bits per heavy atom. The van der Waals surface area contributed by atoms with Crippen LogP contribution in [0.5, 0.6) is 5.75 Å². The molecule has 0 aliphatic rings. The van der Waals surface area contributed by atoms with E-state index < -0.39 is 0 Å². The van der Waals surface area contributed by atoms with Crippen LogP contribution < -0.4 is 10.3 Å². The Kier molecular flexibility index (Phi) is 4.13. The van der Waals surface area contributed by atoms with Crippen LogP contribution in [0.15, 0.2) is 82.2 Å². The van der Waals surface area contributed by atoms with Crippen LogP contribution in [0.2, 0.25) is 0 Å². The van der Waals surface area contributed by atoms with E-state index in [0.29, 0.717) is 11.4 Å². The van der Waals surface area contributed by atoms with Gasteiger partial charge in [-0.05, 0) is 61.0 Å². The van der Waals surface area contributed by atoms with E-state index in [1.807, 2.05) is 79.7 Å². The molecular weight excluding hydrogens is 362 g/mol. The van der Waals surface area contributed by atoms with Gasteiger partial charge in [0.15, 0.2) is 0 Å². The maximum Gasteiger partial charge on any atom is 0.230 e. The van der Waals surface area contributed by atoms with E-state index in [2.05, 4.69) is 4.98 Å². The maximum atomic E-state index is 6.20. The number of benzene rings is 3. The summed E-state index contributed by atoms with van der Waals surface area (Å²) in [6.45, 7) is 2.04. The lowest BCUT2D eigenvalue weighted by atomic mass is 10.1. The summed E-state index contributed by atoms with van der Waals surface area (Å²) in [5, 5.41) is 0.919. The smallest absolute Gasteiger partial charge is 0.230 e. The molecule has 29 heavy (non-hydrogen) atoms. The lowest BCUT2D eigenvalue weighted by Crippen LogP contribution is -2.06. The molecule has 0 saturated carbocycles. The predicted molar refractivity (Wildman–Crippen MR) is 114 cm³/mol. The lowest BCUT2D eigenvalue weighted by molar-refractivity contribution is 0.415. The third-order valence-electron chi connectivity index (χ3n) is 4.83. The Morgan fingerprint density at radius 1 is 0.966 bits per heavy atom. The molecule has 0 bridgehead atoms. The molecule has 142 valence electrons. The van der Waals surface area contributed by atoms with Gasteiger partial charge in [-0.1, -0.05) is 24.3 Å². The van der Waals surface area contributed by atoms with Gasteiger partial charge in [-0.15, -0.1) is 0 Å². The summed E-state index contributed by atoms with van der Waals surface area (Å²) in [4.78, 5) is 12.9. The molecule has 0 aliphatic carbocycles. The number of rotatable bonds is 3. The summed E-state index contributed by atoms with van der Waals surface area (Å²) in [6, 6.07) is 23.7. The molecule has 3 aromatic carbocycles. The van der Waals surface area contributed by atoms with Gasteiger partial charge >= 0.3 is 0 Å². The molecule has 0 amide bonds. The number of hydrogen-bond acceptors (Lipinski definition) is 4. The largest absolute Gasteiger partial charge is 0.497 e. The van der Waals surface area contributed by atoms with Crippen molar-refractivity contribution in [3.05, 3.63) is 83.9 Å². The van der Waals surface area contributed by atoms with Gasteiger partial charge in [0.05, 0.1) is 29.4 Å². The van der Waals surface area contributed by atoms with Crippen molar-refractivity contribution in [1.29, 1.82) is 0 Å². The average Bonchev–Trinajstić information content (AvgIpc) is 3.17. The molecular formula is C24H19N3O2. The highest BCUT2D eigenvalue weighted by atomic mass is 16.5. The predicted octanol–water partition coefficient (Wildman–Crippen LogP) is 5.53. The van der Waals surface area contributed by atoms with Crippen molar-refractivity contribution >= 4 is 27.7 Å². The first-order chi connectivity index (χ1) is 14.2. The molecule has 0 saturated heterocycles. The molecule has 2 heterocycles. The van der Waals surface area contributed by atoms with Crippen molar-refractivity contribution in [2.45, 2.75) is 6.92 Å². The van der Waals surface area contributed by atoms with E-state index in [4.69, 9.17) is 19.1 Å². The second-order valence-electron chi connectivity index (χ2n) is 6.92. The Bertz CT molecular complexity index is 1380. The SMILES string of the molecule is COc1ccc2oc(=Nc3cccc(C)c3)c(-c3nc4ccccc4[nH]3)cc2c1. The van der Waals surface area contributed by atoms with Crippen molar-refractivity contribution in [3.8, 4) is 17.1 Å². The number of H-pyrrole nitrogens is 1. The minimum absolute atomic E-state index is 0.507. The number of imidazole rings is 1. The van der Waals surface area contributed by atoms with Crippen LogP contribution in [0.25, 0.3) is 33.4 Å². The Morgan fingerprint density at radius 2 is 1.86 bits per heavy atom. The first kappa shape index (κ1) is 17.3. The van der Waals surface area contributed by atoms with Crippen molar-refractivity contribution in [3.63, 3.8) is 0 Å². The second-order valence-corrected chi connectivity index (χ2v) is 6.92. The molecule has 0 unspecified atom stereocenters. The summed E-state index contributed by atoms with van der Waals surface area (Å²) < 4.78 is 11.6. The molecule has 0 aliphatic heterocycles. The highest BCUT2D eigenvalue weighted by Gasteiger charge is 2.12. The van der Waals surface area contributed by atoms with Crippen LogP contribution in [0.3, 0.4) is 0 Å². The van der Waals surface area contributed by atoms with Crippen LogP contribution in [0, 0.1) is 6.92 Å². The van der Waals surface area contributed by atoms with Crippen LogP contribution in [0.4, 0.5) is 5.69 Å². The van der Waals surface area contributed by atoms with E-state index in [1.54, 1.807) is 7.11 Å². The second kappa shape index (κ2) is 6.95. The Hall–Kier alpha value is -3.86. The molecule has 5 heteroatoms. The lowest BCUT2D eigenvalue weighted by Gasteiger charge is -2.05. The standard InChI is InChI=1S/C24H19N3O2/c1-15-6-5-7-17(12-15)25-24-19(23-26-20-8-3-4-9-21(20)27-23)14-16-13-18(28-2)10-11-22(16)29-24/h3-14H,1-2H3,(H,26,27). The van der Waals surface area contributed by atoms with Gasteiger partial charge in [0.25, 0.3) is 0 Å². The molecule has 0 fully saturated rings. The van der Waals surface area contributed by atoms with E-state index in [0.717, 1.165) is 44.6 Å². The van der Waals surface area contributed by atoms with Crippen LogP contribution >= 0.6 is 0 Å². The number of nitrogens with zero attached hydrogens (tertiary/aromatic N) is 2. The molecule has 5 nitrogen and oxygen atoms in total. The van der Waals surface area contributed by atoms with Gasteiger partial charge in [0.1, 0.15) is 17.2 Å². The first-order valence-corrected chi connectivity index (χ1v) is 9.38. The van der Waals surface area contributed by atoms with Crippen molar-refractivity contribution in [2.24, 2.45) is 4.99 Å². The van der Waals surface area contributed by atoms with Gasteiger partial charge in [0, 0.05) is 5.39 Å². The topological polar surface area (TPSA) is 63.4 Å². The number of fused-ring (bicyclic) bond motifs is 2. The fourth-order valence-corrected chi connectivity index (χ4v) is 3.38. The minimum Gasteiger partial charge on any atom is -0.497 e.